The third-order valence-electron chi connectivity index (χ3n) is 2.68. The largest absolute Gasteiger partial charge is 0.504 e. The zero-order chi connectivity index (χ0) is 13.3. The molecule has 0 saturated heterocycles. The lowest BCUT2D eigenvalue weighted by Gasteiger charge is -2.08. The molecule has 0 saturated carbocycles. The van der Waals surface area contributed by atoms with Crippen molar-refractivity contribution in [3.63, 3.8) is 0 Å². The van der Waals surface area contributed by atoms with E-state index < -0.39 is 0 Å². The van der Waals surface area contributed by atoms with Gasteiger partial charge in [0.05, 0.1) is 0 Å². The number of ketones is 1. The van der Waals surface area contributed by atoms with Crippen LogP contribution in [0.25, 0.3) is 0 Å². The Morgan fingerprint density at radius 3 is 2.33 bits per heavy atom. The van der Waals surface area contributed by atoms with Crippen molar-refractivity contribution in [2.75, 3.05) is 0 Å². The van der Waals surface area contributed by atoms with Gasteiger partial charge in [-0.15, -0.1) is 0 Å². The predicted molar refractivity (Wildman–Crippen MR) is 72.1 cm³/mol. The summed E-state index contributed by atoms with van der Waals surface area (Å²) in [5.41, 5.74) is 1.51. The van der Waals surface area contributed by atoms with Gasteiger partial charge in [-0.1, -0.05) is 28.1 Å². The van der Waals surface area contributed by atoms with Crippen molar-refractivity contribution in [3.8, 4) is 11.5 Å². The van der Waals surface area contributed by atoms with E-state index in [9.17, 15) is 15.0 Å². The quantitative estimate of drug-likeness (QED) is 0.660. The van der Waals surface area contributed by atoms with Crippen LogP contribution in [0.5, 0.6) is 11.5 Å². The summed E-state index contributed by atoms with van der Waals surface area (Å²) >= 11 is 3.32. The van der Waals surface area contributed by atoms with E-state index in [1.165, 1.54) is 12.1 Å². The van der Waals surface area contributed by atoms with E-state index >= 15 is 0 Å². The Hall–Kier alpha value is -1.81. The Morgan fingerprint density at radius 1 is 1.06 bits per heavy atom. The SMILES string of the molecule is Cc1cc(O)c(O)cc1C(=O)c1ccccc1Br. The molecule has 2 aromatic rings. The van der Waals surface area contributed by atoms with Crippen molar-refractivity contribution in [2.24, 2.45) is 0 Å². The summed E-state index contributed by atoms with van der Waals surface area (Å²) < 4.78 is 0.696. The van der Waals surface area contributed by atoms with E-state index in [1.807, 2.05) is 6.07 Å². The van der Waals surface area contributed by atoms with Crippen LogP contribution in [0.4, 0.5) is 0 Å². The minimum absolute atomic E-state index is 0.199. The third-order valence-corrected chi connectivity index (χ3v) is 3.38. The van der Waals surface area contributed by atoms with E-state index in [0.29, 0.717) is 21.2 Å². The Balaban J connectivity index is 2.53. The highest BCUT2D eigenvalue weighted by molar-refractivity contribution is 9.10. The van der Waals surface area contributed by atoms with Crippen LogP contribution in [-0.2, 0) is 0 Å². The monoisotopic (exact) mass is 306 g/mol. The maximum atomic E-state index is 12.3. The first kappa shape index (κ1) is 12.6. The molecule has 92 valence electrons. The van der Waals surface area contributed by atoms with Crippen LogP contribution < -0.4 is 0 Å². The maximum absolute atomic E-state index is 12.3. The standard InChI is InChI=1S/C14H11BrO3/c1-8-6-12(16)13(17)7-10(8)14(18)9-4-2-3-5-11(9)15/h2-7,16-17H,1H3. The first-order valence-corrected chi connectivity index (χ1v) is 6.12. The molecule has 0 amide bonds. The first-order valence-electron chi connectivity index (χ1n) is 5.32. The number of phenols is 2. The molecule has 0 heterocycles. The number of aryl methyl sites for hydroxylation is 1. The van der Waals surface area contributed by atoms with E-state index in [1.54, 1.807) is 25.1 Å². The van der Waals surface area contributed by atoms with Gasteiger partial charge in [-0.05, 0) is 36.8 Å². The summed E-state index contributed by atoms with van der Waals surface area (Å²) in [6.07, 6.45) is 0. The molecule has 0 radical (unpaired) electrons. The highest BCUT2D eigenvalue weighted by Crippen LogP contribution is 2.30. The minimum Gasteiger partial charge on any atom is -0.504 e. The molecular weight excluding hydrogens is 296 g/mol. The molecule has 0 spiro atoms. The van der Waals surface area contributed by atoms with Crippen molar-refractivity contribution < 1.29 is 15.0 Å². The van der Waals surface area contributed by atoms with Gasteiger partial charge in [-0.25, -0.2) is 0 Å². The molecule has 18 heavy (non-hydrogen) atoms. The summed E-state index contributed by atoms with van der Waals surface area (Å²) in [5, 5.41) is 18.8. The second-order valence-corrected chi connectivity index (χ2v) is 4.82. The second-order valence-electron chi connectivity index (χ2n) is 3.96. The number of carbonyl (C=O) groups is 1. The third kappa shape index (κ3) is 2.24. The van der Waals surface area contributed by atoms with Crippen molar-refractivity contribution in [3.05, 3.63) is 57.6 Å². The molecule has 2 N–H and O–H groups in total. The number of carbonyl (C=O) groups excluding carboxylic acids is 1. The summed E-state index contributed by atoms with van der Waals surface area (Å²) in [7, 11) is 0. The predicted octanol–water partition coefficient (Wildman–Crippen LogP) is 3.40. The smallest absolute Gasteiger partial charge is 0.194 e. The van der Waals surface area contributed by atoms with Gasteiger partial charge in [-0.3, -0.25) is 4.79 Å². The molecule has 0 aliphatic heterocycles. The number of rotatable bonds is 2. The fraction of sp³-hybridized carbons (Fsp3) is 0.0714. The Labute approximate surface area is 113 Å². The highest BCUT2D eigenvalue weighted by Gasteiger charge is 2.16. The number of hydrogen-bond acceptors (Lipinski definition) is 3. The van der Waals surface area contributed by atoms with Crippen LogP contribution in [0.15, 0.2) is 40.9 Å². The fourth-order valence-electron chi connectivity index (χ4n) is 1.72. The molecule has 0 aliphatic rings. The van der Waals surface area contributed by atoms with Crippen LogP contribution >= 0.6 is 15.9 Å². The molecule has 0 unspecified atom stereocenters. The summed E-state index contributed by atoms with van der Waals surface area (Å²) in [6.45, 7) is 1.71. The van der Waals surface area contributed by atoms with Gasteiger partial charge in [-0.2, -0.15) is 0 Å². The molecule has 0 aliphatic carbocycles. The zero-order valence-electron chi connectivity index (χ0n) is 9.64. The van der Waals surface area contributed by atoms with Crippen molar-refractivity contribution in [2.45, 2.75) is 6.92 Å². The summed E-state index contributed by atoms with van der Waals surface area (Å²) in [6, 6.07) is 9.74. The van der Waals surface area contributed by atoms with Gasteiger partial charge >= 0.3 is 0 Å². The van der Waals surface area contributed by atoms with Crippen LogP contribution in [0.1, 0.15) is 21.5 Å². The number of aromatic hydroxyl groups is 2. The topological polar surface area (TPSA) is 57.5 Å². The van der Waals surface area contributed by atoms with E-state index in [0.717, 1.165) is 0 Å². The fourth-order valence-corrected chi connectivity index (χ4v) is 2.18. The maximum Gasteiger partial charge on any atom is 0.194 e. The van der Waals surface area contributed by atoms with Gasteiger partial charge in [0.25, 0.3) is 0 Å². The normalized spacial score (nSPS) is 10.3. The van der Waals surface area contributed by atoms with Crippen LogP contribution in [0, 0.1) is 6.92 Å². The number of hydrogen-bond donors (Lipinski definition) is 2. The molecule has 0 aromatic heterocycles. The first-order chi connectivity index (χ1) is 8.50. The molecule has 2 rings (SSSR count). The van der Waals surface area contributed by atoms with Gasteiger partial charge in [0.1, 0.15) is 0 Å². The average molecular weight is 307 g/mol. The second kappa shape index (κ2) is 4.82. The van der Waals surface area contributed by atoms with Crippen LogP contribution in [-0.4, -0.2) is 16.0 Å². The molecule has 4 heteroatoms. The molecule has 0 bridgehead atoms. The molecule has 3 nitrogen and oxygen atoms in total. The Bertz CT molecular complexity index is 620. The Morgan fingerprint density at radius 2 is 1.67 bits per heavy atom. The van der Waals surface area contributed by atoms with Crippen LogP contribution in [0.2, 0.25) is 0 Å². The summed E-state index contributed by atoms with van der Waals surface area (Å²) in [4.78, 5) is 12.3. The summed E-state index contributed by atoms with van der Waals surface area (Å²) in [5.74, 6) is -0.720. The van der Waals surface area contributed by atoms with Gasteiger partial charge in [0.2, 0.25) is 0 Å². The lowest BCUT2D eigenvalue weighted by Crippen LogP contribution is -2.04. The molecule has 0 atom stereocenters. The Kier molecular flexibility index (Phi) is 3.39. The van der Waals surface area contributed by atoms with Crippen LogP contribution in [0.3, 0.4) is 0 Å². The molecule has 0 fully saturated rings. The van der Waals surface area contributed by atoms with E-state index in [4.69, 9.17) is 0 Å². The van der Waals surface area contributed by atoms with E-state index in [-0.39, 0.29) is 17.3 Å². The van der Waals surface area contributed by atoms with Crippen molar-refractivity contribution in [1.29, 1.82) is 0 Å². The number of phenolic OH excluding ortho intramolecular Hbond substituents is 2. The van der Waals surface area contributed by atoms with E-state index in [2.05, 4.69) is 15.9 Å². The lowest BCUT2D eigenvalue weighted by molar-refractivity contribution is 0.103. The number of benzene rings is 2. The molecular formula is C14H11BrO3. The minimum atomic E-state index is -0.295. The van der Waals surface area contributed by atoms with Gasteiger partial charge in [0.15, 0.2) is 17.3 Å². The average Bonchev–Trinajstić information content (AvgIpc) is 2.33. The van der Waals surface area contributed by atoms with Crippen molar-refractivity contribution >= 4 is 21.7 Å². The van der Waals surface area contributed by atoms with Gasteiger partial charge < -0.3 is 10.2 Å². The van der Waals surface area contributed by atoms with Gasteiger partial charge in [0, 0.05) is 15.6 Å². The lowest BCUT2D eigenvalue weighted by atomic mass is 9.98. The highest BCUT2D eigenvalue weighted by atomic mass is 79.9. The number of halogens is 1. The zero-order valence-corrected chi connectivity index (χ0v) is 11.2. The molecule has 2 aromatic carbocycles. The van der Waals surface area contributed by atoms with Crippen molar-refractivity contribution in [1.82, 2.24) is 0 Å².